The standard InChI is InChI=1S/C16H34N2O3Si/c1-15(2,3)21-14(19)18-9-12(13(17)10-18)11-20-22(7,8)16(4,5)6/h12-13H,9-11,17H2,1-8H3/t12-,13-/m1/s1. The molecule has 5 nitrogen and oxygen atoms in total. The summed E-state index contributed by atoms with van der Waals surface area (Å²) in [5.41, 5.74) is 5.72. The van der Waals surface area contributed by atoms with Crippen LogP contribution < -0.4 is 5.73 Å². The highest BCUT2D eigenvalue weighted by Gasteiger charge is 2.40. The SMILES string of the molecule is CC(C)(C)OC(=O)N1C[C@H](CO[Si](C)(C)C(C)(C)C)[C@H](N)C1. The van der Waals surface area contributed by atoms with E-state index in [-0.39, 0.29) is 23.1 Å². The lowest BCUT2D eigenvalue weighted by atomic mass is 10.1. The van der Waals surface area contributed by atoms with Gasteiger partial charge >= 0.3 is 6.09 Å². The van der Waals surface area contributed by atoms with Crippen LogP contribution in [0, 0.1) is 5.92 Å². The molecule has 6 heteroatoms. The molecule has 1 rings (SSSR count). The summed E-state index contributed by atoms with van der Waals surface area (Å²) < 4.78 is 11.7. The number of nitrogens with zero attached hydrogens (tertiary/aromatic N) is 1. The lowest BCUT2D eigenvalue weighted by molar-refractivity contribution is 0.0283. The topological polar surface area (TPSA) is 64.8 Å². The molecular formula is C16H34N2O3Si. The third-order valence-electron chi connectivity index (χ3n) is 4.61. The minimum atomic E-state index is -1.78. The van der Waals surface area contributed by atoms with Gasteiger partial charge in [0, 0.05) is 31.7 Å². The highest BCUT2D eigenvalue weighted by atomic mass is 28.4. The van der Waals surface area contributed by atoms with Crippen LogP contribution >= 0.6 is 0 Å². The van der Waals surface area contributed by atoms with Gasteiger partial charge in [-0.2, -0.15) is 0 Å². The molecule has 0 bridgehead atoms. The molecule has 0 aliphatic carbocycles. The van der Waals surface area contributed by atoms with E-state index in [1.54, 1.807) is 4.90 Å². The van der Waals surface area contributed by atoms with Crippen molar-refractivity contribution in [2.75, 3.05) is 19.7 Å². The van der Waals surface area contributed by atoms with E-state index in [1.807, 2.05) is 20.8 Å². The molecule has 0 unspecified atom stereocenters. The van der Waals surface area contributed by atoms with E-state index in [0.29, 0.717) is 19.7 Å². The zero-order chi connectivity index (χ0) is 17.3. The van der Waals surface area contributed by atoms with Gasteiger partial charge in [-0.15, -0.1) is 0 Å². The number of amides is 1. The van der Waals surface area contributed by atoms with E-state index in [0.717, 1.165) is 0 Å². The third kappa shape index (κ3) is 5.24. The van der Waals surface area contributed by atoms with Crippen LogP contribution in [0.15, 0.2) is 0 Å². The maximum absolute atomic E-state index is 12.1. The van der Waals surface area contributed by atoms with Gasteiger partial charge in [0.05, 0.1) is 0 Å². The summed E-state index contributed by atoms with van der Waals surface area (Å²) in [5, 5.41) is 0.181. The van der Waals surface area contributed by atoms with Crippen molar-refractivity contribution in [3.05, 3.63) is 0 Å². The van der Waals surface area contributed by atoms with E-state index in [1.165, 1.54) is 0 Å². The maximum atomic E-state index is 12.1. The average Bonchev–Trinajstić information content (AvgIpc) is 2.64. The minimum absolute atomic E-state index is 0.0442. The van der Waals surface area contributed by atoms with Crippen LogP contribution in [0.4, 0.5) is 4.79 Å². The normalized spacial score (nSPS) is 23.8. The summed E-state index contributed by atoms with van der Waals surface area (Å²) in [4.78, 5) is 13.8. The number of carbonyl (C=O) groups excluding carboxylic acids is 1. The largest absolute Gasteiger partial charge is 0.444 e. The van der Waals surface area contributed by atoms with Crippen molar-refractivity contribution in [1.29, 1.82) is 0 Å². The zero-order valence-corrected chi connectivity index (χ0v) is 16.5. The Morgan fingerprint density at radius 1 is 1.18 bits per heavy atom. The Morgan fingerprint density at radius 2 is 1.73 bits per heavy atom. The molecule has 1 aliphatic rings. The van der Waals surface area contributed by atoms with Gasteiger partial charge in [0.1, 0.15) is 5.60 Å². The predicted molar refractivity (Wildman–Crippen MR) is 92.4 cm³/mol. The van der Waals surface area contributed by atoms with Gasteiger partial charge in [-0.1, -0.05) is 20.8 Å². The number of carbonyl (C=O) groups is 1. The highest BCUT2D eigenvalue weighted by molar-refractivity contribution is 6.74. The molecule has 2 atom stereocenters. The van der Waals surface area contributed by atoms with Crippen molar-refractivity contribution >= 4 is 14.4 Å². The summed E-state index contributed by atoms with van der Waals surface area (Å²) >= 11 is 0. The number of likely N-dealkylation sites (tertiary alicyclic amines) is 1. The molecule has 1 fully saturated rings. The quantitative estimate of drug-likeness (QED) is 0.807. The Morgan fingerprint density at radius 3 is 2.18 bits per heavy atom. The van der Waals surface area contributed by atoms with Crippen molar-refractivity contribution in [2.24, 2.45) is 11.7 Å². The van der Waals surface area contributed by atoms with E-state index >= 15 is 0 Å². The van der Waals surface area contributed by atoms with Crippen molar-refractivity contribution in [1.82, 2.24) is 4.90 Å². The Hall–Kier alpha value is -0.593. The van der Waals surface area contributed by atoms with Gasteiger partial charge in [0.2, 0.25) is 0 Å². The summed E-state index contributed by atoms with van der Waals surface area (Å²) in [6.45, 7) is 18.5. The van der Waals surface area contributed by atoms with Crippen LogP contribution in [0.3, 0.4) is 0 Å². The molecule has 0 aromatic rings. The fraction of sp³-hybridized carbons (Fsp3) is 0.938. The fourth-order valence-electron chi connectivity index (χ4n) is 2.08. The van der Waals surface area contributed by atoms with Crippen molar-refractivity contribution in [2.45, 2.75) is 71.3 Å². The first-order valence-corrected chi connectivity index (χ1v) is 11.0. The molecule has 2 N–H and O–H groups in total. The molecule has 1 amide bonds. The minimum Gasteiger partial charge on any atom is -0.444 e. The molecule has 130 valence electrons. The van der Waals surface area contributed by atoms with Crippen LogP contribution in [-0.2, 0) is 9.16 Å². The third-order valence-corrected chi connectivity index (χ3v) is 9.11. The average molecular weight is 331 g/mol. The first-order chi connectivity index (χ1) is 9.73. The van der Waals surface area contributed by atoms with Crippen LogP contribution in [0.2, 0.25) is 18.1 Å². The number of hydrogen-bond donors (Lipinski definition) is 1. The number of hydrogen-bond acceptors (Lipinski definition) is 4. The first-order valence-electron chi connectivity index (χ1n) is 8.10. The second-order valence-corrected chi connectivity index (χ2v) is 13.7. The van der Waals surface area contributed by atoms with Gasteiger partial charge in [-0.05, 0) is 38.9 Å². The molecule has 22 heavy (non-hydrogen) atoms. The summed E-state index contributed by atoms with van der Waals surface area (Å²) in [6.07, 6.45) is -0.280. The molecule has 0 radical (unpaired) electrons. The molecule has 0 saturated carbocycles. The summed E-state index contributed by atoms with van der Waals surface area (Å²) in [7, 11) is -1.78. The number of nitrogens with two attached hydrogens (primary N) is 1. The number of ether oxygens (including phenoxy) is 1. The van der Waals surface area contributed by atoms with Crippen molar-refractivity contribution in [3.8, 4) is 0 Å². The highest BCUT2D eigenvalue weighted by Crippen LogP contribution is 2.37. The van der Waals surface area contributed by atoms with Gasteiger partial charge in [0.25, 0.3) is 0 Å². The smallest absolute Gasteiger partial charge is 0.410 e. The van der Waals surface area contributed by atoms with E-state index in [9.17, 15) is 4.79 Å². The monoisotopic (exact) mass is 330 g/mol. The van der Waals surface area contributed by atoms with Crippen LogP contribution in [0.25, 0.3) is 0 Å². The van der Waals surface area contributed by atoms with Crippen molar-refractivity contribution in [3.63, 3.8) is 0 Å². The molecular weight excluding hydrogens is 296 g/mol. The van der Waals surface area contributed by atoms with Gasteiger partial charge < -0.3 is 19.8 Å². The molecule has 1 saturated heterocycles. The Labute approximate surface area is 136 Å². The van der Waals surface area contributed by atoms with Crippen LogP contribution in [0.5, 0.6) is 0 Å². The number of rotatable bonds is 3. The Bertz CT molecular complexity index is 399. The van der Waals surface area contributed by atoms with E-state index < -0.39 is 13.9 Å². The van der Waals surface area contributed by atoms with Crippen LogP contribution in [-0.4, -0.2) is 50.6 Å². The lowest BCUT2D eigenvalue weighted by Gasteiger charge is -2.37. The maximum Gasteiger partial charge on any atom is 0.410 e. The second kappa shape index (κ2) is 6.49. The lowest BCUT2D eigenvalue weighted by Crippen LogP contribution is -2.43. The van der Waals surface area contributed by atoms with E-state index in [2.05, 4.69) is 33.9 Å². The van der Waals surface area contributed by atoms with Crippen molar-refractivity contribution < 1.29 is 14.0 Å². The van der Waals surface area contributed by atoms with Gasteiger partial charge in [-0.3, -0.25) is 0 Å². The van der Waals surface area contributed by atoms with Gasteiger partial charge in [0.15, 0.2) is 8.32 Å². The van der Waals surface area contributed by atoms with Crippen LogP contribution in [0.1, 0.15) is 41.5 Å². The van der Waals surface area contributed by atoms with Gasteiger partial charge in [-0.25, -0.2) is 4.79 Å². The first kappa shape index (κ1) is 19.5. The second-order valence-electron chi connectivity index (χ2n) is 8.88. The molecule has 0 aromatic carbocycles. The zero-order valence-electron chi connectivity index (χ0n) is 15.5. The molecule has 0 spiro atoms. The molecule has 1 aliphatic heterocycles. The summed E-state index contributed by atoms with van der Waals surface area (Å²) in [6, 6.07) is -0.0442. The molecule has 0 aromatic heterocycles. The Kier molecular flexibility index (Phi) is 5.74. The fourth-order valence-corrected chi connectivity index (χ4v) is 3.14. The summed E-state index contributed by atoms with van der Waals surface area (Å²) in [5.74, 6) is 0.182. The Balaban J connectivity index is 2.56. The molecule has 1 heterocycles. The predicted octanol–water partition coefficient (Wildman–Crippen LogP) is 3.20. The van der Waals surface area contributed by atoms with E-state index in [4.69, 9.17) is 14.9 Å².